The number of amides is 2. The van der Waals surface area contributed by atoms with Crippen LogP contribution in [-0.4, -0.2) is 28.1 Å². The number of rotatable bonds is 7. The first-order chi connectivity index (χ1) is 16.0. The summed E-state index contributed by atoms with van der Waals surface area (Å²) >= 11 is 7.15. The van der Waals surface area contributed by atoms with E-state index >= 15 is 0 Å². The van der Waals surface area contributed by atoms with E-state index < -0.39 is 17.9 Å². The zero-order chi connectivity index (χ0) is 23.2. The minimum Gasteiger partial charge on any atom is -0.340 e. The van der Waals surface area contributed by atoms with Gasteiger partial charge in [0.2, 0.25) is 11.0 Å². The van der Waals surface area contributed by atoms with Crippen LogP contribution >= 0.6 is 22.9 Å². The molecule has 6 nitrogen and oxygen atoms in total. The van der Waals surface area contributed by atoms with Crippen LogP contribution in [-0.2, 0) is 11.2 Å². The number of anilines is 1. The average molecular weight is 481 g/mol. The van der Waals surface area contributed by atoms with Gasteiger partial charge in [-0.1, -0.05) is 59.3 Å². The second-order valence-electron chi connectivity index (χ2n) is 7.13. The number of benzene rings is 3. The minimum absolute atomic E-state index is 0.273. The highest BCUT2D eigenvalue weighted by atomic mass is 35.5. The lowest BCUT2D eigenvalue weighted by molar-refractivity contribution is -0.118. The maximum absolute atomic E-state index is 13.2. The number of aromatic nitrogens is 2. The summed E-state index contributed by atoms with van der Waals surface area (Å²) in [6, 6.07) is 20.8. The van der Waals surface area contributed by atoms with E-state index in [9.17, 15) is 14.0 Å². The highest BCUT2D eigenvalue weighted by Crippen LogP contribution is 2.26. The fourth-order valence-electron chi connectivity index (χ4n) is 3.11. The van der Waals surface area contributed by atoms with Gasteiger partial charge >= 0.3 is 0 Å². The van der Waals surface area contributed by atoms with Gasteiger partial charge in [0.15, 0.2) is 0 Å². The molecular formula is C24H18ClFN4O2S. The fourth-order valence-corrected chi connectivity index (χ4v) is 4.05. The molecule has 9 heteroatoms. The molecule has 33 heavy (non-hydrogen) atoms. The monoisotopic (exact) mass is 480 g/mol. The van der Waals surface area contributed by atoms with Gasteiger partial charge in [0.05, 0.1) is 0 Å². The second-order valence-corrected chi connectivity index (χ2v) is 8.55. The van der Waals surface area contributed by atoms with E-state index in [-0.39, 0.29) is 17.4 Å². The third-order valence-corrected chi connectivity index (χ3v) is 5.86. The molecule has 0 aliphatic rings. The molecule has 0 saturated carbocycles. The Morgan fingerprint density at radius 2 is 1.73 bits per heavy atom. The van der Waals surface area contributed by atoms with E-state index in [1.54, 1.807) is 30.3 Å². The van der Waals surface area contributed by atoms with E-state index in [1.807, 2.05) is 30.3 Å². The predicted octanol–water partition coefficient (Wildman–Crippen LogP) is 4.98. The lowest BCUT2D eigenvalue weighted by Crippen LogP contribution is -2.45. The smallest absolute Gasteiger partial charge is 0.251 e. The Morgan fingerprint density at radius 3 is 2.45 bits per heavy atom. The Hall–Kier alpha value is -3.62. The van der Waals surface area contributed by atoms with Gasteiger partial charge in [0, 0.05) is 22.6 Å². The van der Waals surface area contributed by atoms with E-state index in [0.717, 1.165) is 16.9 Å². The Kier molecular flexibility index (Phi) is 7.07. The van der Waals surface area contributed by atoms with E-state index in [1.165, 1.54) is 18.2 Å². The van der Waals surface area contributed by atoms with Gasteiger partial charge in [-0.3, -0.25) is 14.9 Å². The molecule has 0 unspecified atom stereocenters. The zero-order valence-corrected chi connectivity index (χ0v) is 18.7. The second kappa shape index (κ2) is 10.3. The van der Waals surface area contributed by atoms with Crippen molar-refractivity contribution in [1.82, 2.24) is 15.5 Å². The standard InChI is InChI=1S/C24H18ClFN4O2S/c25-18-8-4-7-17(14-18)21(31)27-20(13-15-5-2-1-3-6-15)22(32)28-24-30-29-23(33-24)16-9-11-19(26)12-10-16/h1-12,14,20H,13H2,(H,27,31)(H,28,30,32)/t20-/m0/s1. The molecule has 0 aliphatic carbocycles. The lowest BCUT2D eigenvalue weighted by Gasteiger charge is -2.18. The summed E-state index contributed by atoms with van der Waals surface area (Å²) in [5, 5.41) is 14.8. The third kappa shape index (κ3) is 6.00. The van der Waals surface area contributed by atoms with Gasteiger partial charge < -0.3 is 5.32 Å². The molecule has 1 aromatic heterocycles. The largest absolute Gasteiger partial charge is 0.340 e. The van der Waals surface area contributed by atoms with Crippen LogP contribution in [0.3, 0.4) is 0 Å². The van der Waals surface area contributed by atoms with Gasteiger partial charge in [-0.25, -0.2) is 4.39 Å². The van der Waals surface area contributed by atoms with Gasteiger partial charge in [-0.15, -0.1) is 10.2 Å². The summed E-state index contributed by atoms with van der Waals surface area (Å²) in [5.41, 5.74) is 1.92. The summed E-state index contributed by atoms with van der Waals surface area (Å²) in [4.78, 5) is 25.8. The molecular weight excluding hydrogens is 463 g/mol. The predicted molar refractivity (Wildman–Crippen MR) is 127 cm³/mol. The molecule has 0 aliphatic heterocycles. The van der Waals surface area contributed by atoms with Crippen LogP contribution in [0.25, 0.3) is 10.6 Å². The van der Waals surface area contributed by atoms with Gasteiger partial charge in [-0.05, 0) is 48.0 Å². The third-order valence-electron chi connectivity index (χ3n) is 4.74. The summed E-state index contributed by atoms with van der Waals surface area (Å²) in [7, 11) is 0. The minimum atomic E-state index is -0.864. The van der Waals surface area contributed by atoms with Crippen molar-refractivity contribution < 1.29 is 14.0 Å². The molecule has 0 fully saturated rings. The van der Waals surface area contributed by atoms with Crippen LogP contribution in [0.5, 0.6) is 0 Å². The quantitative estimate of drug-likeness (QED) is 0.391. The van der Waals surface area contributed by atoms with Crippen molar-refractivity contribution in [3.8, 4) is 10.6 Å². The molecule has 166 valence electrons. The maximum atomic E-state index is 13.2. The van der Waals surface area contributed by atoms with Crippen LogP contribution in [0.1, 0.15) is 15.9 Å². The molecule has 0 spiro atoms. The first-order valence-corrected chi connectivity index (χ1v) is 11.2. The van der Waals surface area contributed by atoms with Crippen LogP contribution in [0.15, 0.2) is 78.9 Å². The Labute approximate surface area is 198 Å². The molecule has 1 atom stereocenters. The van der Waals surface area contributed by atoms with Crippen molar-refractivity contribution in [2.75, 3.05) is 5.32 Å². The normalized spacial score (nSPS) is 11.6. The van der Waals surface area contributed by atoms with Gasteiger partial charge in [0.25, 0.3) is 5.91 Å². The summed E-state index contributed by atoms with van der Waals surface area (Å²) in [6.07, 6.45) is 0.280. The summed E-state index contributed by atoms with van der Waals surface area (Å²) < 4.78 is 13.2. The van der Waals surface area contributed by atoms with E-state index in [0.29, 0.717) is 21.2 Å². The van der Waals surface area contributed by atoms with Gasteiger partial charge in [0.1, 0.15) is 16.9 Å². The Bertz CT molecular complexity index is 1260. The maximum Gasteiger partial charge on any atom is 0.251 e. The topological polar surface area (TPSA) is 84.0 Å². The van der Waals surface area contributed by atoms with Crippen molar-refractivity contribution in [2.45, 2.75) is 12.5 Å². The summed E-state index contributed by atoms with van der Waals surface area (Å²) in [5.74, 6) is -1.20. The molecule has 0 saturated heterocycles. The zero-order valence-electron chi connectivity index (χ0n) is 17.2. The highest BCUT2D eigenvalue weighted by Gasteiger charge is 2.23. The van der Waals surface area contributed by atoms with Crippen LogP contribution < -0.4 is 10.6 Å². The first-order valence-electron chi connectivity index (χ1n) is 9.98. The fraction of sp³-hybridized carbons (Fsp3) is 0.0833. The average Bonchev–Trinajstić information content (AvgIpc) is 3.28. The molecule has 4 rings (SSSR count). The van der Waals surface area contributed by atoms with E-state index in [4.69, 9.17) is 11.6 Å². The molecule has 2 amide bonds. The van der Waals surface area contributed by atoms with Crippen LogP contribution in [0, 0.1) is 5.82 Å². The number of hydrogen-bond donors (Lipinski definition) is 2. The SMILES string of the molecule is O=C(N[C@@H](Cc1ccccc1)C(=O)Nc1nnc(-c2ccc(F)cc2)s1)c1cccc(Cl)c1. The van der Waals surface area contributed by atoms with Gasteiger partial charge in [-0.2, -0.15) is 0 Å². The van der Waals surface area contributed by atoms with Crippen molar-refractivity contribution in [1.29, 1.82) is 0 Å². The summed E-state index contributed by atoms with van der Waals surface area (Å²) in [6.45, 7) is 0. The molecule has 3 aromatic carbocycles. The van der Waals surface area contributed by atoms with E-state index in [2.05, 4.69) is 20.8 Å². The molecule has 1 heterocycles. The molecule has 0 radical (unpaired) electrons. The number of hydrogen-bond acceptors (Lipinski definition) is 5. The molecule has 0 bridgehead atoms. The molecule has 4 aromatic rings. The van der Waals surface area contributed by atoms with Crippen molar-refractivity contribution in [3.63, 3.8) is 0 Å². The van der Waals surface area contributed by atoms with Crippen LogP contribution in [0.2, 0.25) is 5.02 Å². The number of carbonyl (C=O) groups excluding carboxylic acids is 2. The number of nitrogens with one attached hydrogen (secondary N) is 2. The van der Waals surface area contributed by atoms with Crippen molar-refractivity contribution in [2.24, 2.45) is 0 Å². The molecule has 2 N–H and O–H groups in total. The number of halogens is 2. The highest BCUT2D eigenvalue weighted by molar-refractivity contribution is 7.18. The van der Waals surface area contributed by atoms with Crippen LogP contribution in [0.4, 0.5) is 9.52 Å². The number of carbonyl (C=O) groups is 2. The number of nitrogens with zero attached hydrogens (tertiary/aromatic N) is 2. The lowest BCUT2D eigenvalue weighted by atomic mass is 10.0. The Balaban J connectivity index is 1.51. The van der Waals surface area contributed by atoms with Crippen molar-refractivity contribution >= 4 is 39.9 Å². The Morgan fingerprint density at radius 1 is 0.970 bits per heavy atom. The van der Waals surface area contributed by atoms with Crippen molar-refractivity contribution in [3.05, 3.63) is 101 Å². The first kappa shape index (κ1) is 22.6.